The van der Waals surface area contributed by atoms with Crippen molar-refractivity contribution >= 4 is 11.8 Å². The molecule has 0 radical (unpaired) electrons. The van der Waals surface area contributed by atoms with E-state index in [4.69, 9.17) is 0 Å². The molecule has 0 amide bonds. The lowest BCUT2D eigenvalue weighted by Crippen LogP contribution is -2.15. The van der Waals surface area contributed by atoms with Crippen LogP contribution in [0.2, 0.25) is 0 Å². The first-order valence-corrected chi connectivity index (χ1v) is 3.20. The Morgan fingerprint density at radius 1 is 1.58 bits per heavy atom. The number of ether oxygens (including phenoxy) is 1. The summed E-state index contributed by atoms with van der Waals surface area (Å²) in [5.74, 6) is -2.08. The highest BCUT2D eigenvalue weighted by Crippen LogP contribution is 2.01. The van der Waals surface area contributed by atoms with Gasteiger partial charge in [0.25, 0.3) is 5.89 Å². The molecule has 1 heterocycles. The smallest absolute Gasteiger partial charge is 0.384 e. The van der Waals surface area contributed by atoms with Crippen molar-refractivity contribution in [2.75, 3.05) is 7.11 Å². The van der Waals surface area contributed by atoms with Crippen LogP contribution in [-0.4, -0.2) is 23.8 Å². The van der Waals surface area contributed by atoms with Crippen molar-refractivity contribution in [1.82, 2.24) is 4.98 Å². The molecular weight excluding hydrogens is 162 g/mol. The van der Waals surface area contributed by atoms with Crippen molar-refractivity contribution in [2.24, 2.45) is 0 Å². The van der Waals surface area contributed by atoms with Crippen LogP contribution in [0.1, 0.15) is 16.4 Å². The van der Waals surface area contributed by atoms with E-state index in [1.165, 1.54) is 6.26 Å². The monoisotopic (exact) mass is 169 g/mol. The number of hydrogen-bond donors (Lipinski definition) is 0. The molecule has 12 heavy (non-hydrogen) atoms. The zero-order chi connectivity index (χ0) is 9.14. The second-order valence-corrected chi connectivity index (χ2v) is 2.11. The highest BCUT2D eigenvalue weighted by molar-refractivity contribution is 6.39. The Balaban J connectivity index is 2.85. The molecule has 64 valence electrons. The van der Waals surface area contributed by atoms with Crippen LogP contribution in [0, 0.1) is 6.92 Å². The molecule has 1 rings (SSSR count). The molecule has 0 N–H and O–H groups in total. The lowest BCUT2D eigenvalue weighted by molar-refractivity contribution is -0.135. The van der Waals surface area contributed by atoms with Gasteiger partial charge in [-0.2, -0.15) is 0 Å². The van der Waals surface area contributed by atoms with E-state index in [1.807, 2.05) is 0 Å². The maximum atomic E-state index is 11.0. The molecule has 1 aromatic rings. The van der Waals surface area contributed by atoms with Gasteiger partial charge in [-0.3, -0.25) is 4.79 Å². The number of aryl methyl sites for hydroxylation is 1. The summed E-state index contributed by atoms with van der Waals surface area (Å²) in [7, 11) is 1.12. The first kappa shape index (κ1) is 8.45. The van der Waals surface area contributed by atoms with E-state index < -0.39 is 11.8 Å². The third-order valence-corrected chi connectivity index (χ3v) is 1.18. The Labute approximate surface area is 68.3 Å². The van der Waals surface area contributed by atoms with Crippen LogP contribution in [0.3, 0.4) is 0 Å². The molecule has 0 atom stereocenters. The van der Waals surface area contributed by atoms with Crippen molar-refractivity contribution in [3.8, 4) is 0 Å². The fourth-order valence-electron chi connectivity index (χ4n) is 0.638. The van der Waals surface area contributed by atoms with Gasteiger partial charge in [-0.1, -0.05) is 0 Å². The van der Waals surface area contributed by atoms with Crippen molar-refractivity contribution < 1.29 is 18.7 Å². The van der Waals surface area contributed by atoms with Gasteiger partial charge in [-0.15, -0.1) is 0 Å². The predicted octanol–water partition coefficient (Wildman–Crippen LogP) is 0.339. The second kappa shape index (κ2) is 3.17. The summed E-state index contributed by atoms with van der Waals surface area (Å²) in [6, 6.07) is 0. The summed E-state index contributed by atoms with van der Waals surface area (Å²) in [5.41, 5.74) is 0.544. The normalized spacial score (nSPS) is 9.50. The molecular formula is C7H7NO4. The van der Waals surface area contributed by atoms with Crippen molar-refractivity contribution in [3.63, 3.8) is 0 Å². The molecule has 0 saturated heterocycles. The Bertz CT molecular complexity index is 315. The number of nitrogens with zero attached hydrogens (tertiary/aromatic N) is 1. The zero-order valence-electron chi connectivity index (χ0n) is 6.66. The molecule has 0 unspecified atom stereocenters. The van der Waals surface area contributed by atoms with Crippen LogP contribution in [0.5, 0.6) is 0 Å². The Hall–Kier alpha value is -1.65. The van der Waals surface area contributed by atoms with Crippen LogP contribution in [-0.2, 0) is 9.53 Å². The average Bonchev–Trinajstić information content (AvgIpc) is 2.49. The van der Waals surface area contributed by atoms with Crippen LogP contribution >= 0.6 is 0 Å². The summed E-state index contributed by atoms with van der Waals surface area (Å²) in [6.07, 6.45) is 1.29. The van der Waals surface area contributed by atoms with E-state index in [0.717, 1.165) is 7.11 Å². The molecule has 0 aliphatic heterocycles. The Morgan fingerprint density at radius 2 is 2.25 bits per heavy atom. The fourth-order valence-corrected chi connectivity index (χ4v) is 0.638. The molecule has 0 fully saturated rings. The third-order valence-electron chi connectivity index (χ3n) is 1.18. The molecule has 0 aromatic carbocycles. The minimum Gasteiger partial charge on any atom is -0.463 e. The number of carbonyl (C=O) groups is 2. The summed E-state index contributed by atoms with van der Waals surface area (Å²) in [5, 5.41) is 0. The van der Waals surface area contributed by atoms with Crippen LogP contribution in [0.4, 0.5) is 0 Å². The van der Waals surface area contributed by atoms with Gasteiger partial charge < -0.3 is 9.15 Å². The lowest BCUT2D eigenvalue weighted by Gasteiger charge is -1.91. The van der Waals surface area contributed by atoms with Gasteiger partial charge in [-0.25, -0.2) is 9.78 Å². The second-order valence-electron chi connectivity index (χ2n) is 2.11. The molecule has 1 aromatic heterocycles. The largest absolute Gasteiger partial charge is 0.463 e. The molecule has 5 nitrogen and oxygen atoms in total. The predicted molar refractivity (Wildman–Crippen MR) is 37.6 cm³/mol. The van der Waals surface area contributed by atoms with Gasteiger partial charge in [0.1, 0.15) is 6.26 Å². The van der Waals surface area contributed by atoms with Crippen LogP contribution in [0.25, 0.3) is 0 Å². The number of aromatic nitrogens is 1. The quantitative estimate of drug-likeness (QED) is 0.362. The van der Waals surface area contributed by atoms with Crippen molar-refractivity contribution in [3.05, 3.63) is 17.8 Å². The van der Waals surface area contributed by atoms with E-state index in [1.54, 1.807) is 6.92 Å². The number of methoxy groups -OCH3 is 1. The minimum absolute atomic E-state index is 0.237. The van der Waals surface area contributed by atoms with Crippen LogP contribution in [0.15, 0.2) is 10.7 Å². The van der Waals surface area contributed by atoms with E-state index in [-0.39, 0.29) is 5.89 Å². The van der Waals surface area contributed by atoms with Gasteiger partial charge in [0.05, 0.1) is 12.8 Å². The molecule has 0 aliphatic carbocycles. The Morgan fingerprint density at radius 3 is 2.67 bits per heavy atom. The first-order chi connectivity index (χ1) is 5.65. The van der Waals surface area contributed by atoms with Gasteiger partial charge >= 0.3 is 11.8 Å². The van der Waals surface area contributed by atoms with Crippen LogP contribution < -0.4 is 0 Å². The van der Waals surface area contributed by atoms with E-state index in [9.17, 15) is 9.59 Å². The van der Waals surface area contributed by atoms with Gasteiger partial charge in [0.15, 0.2) is 0 Å². The maximum absolute atomic E-state index is 11.0. The average molecular weight is 169 g/mol. The topological polar surface area (TPSA) is 69.4 Å². The van der Waals surface area contributed by atoms with E-state index in [0.29, 0.717) is 5.69 Å². The van der Waals surface area contributed by atoms with Gasteiger partial charge in [0.2, 0.25) is 0 Å². The minimum atomic E-state index is -0.975. The van der Waals surface area contributed by atoms with Gasteiger partial charge in [0, 0.05) is 0 Å². The number of hydrogen-bond acceptors (Lipinski definition) is 5. The Kier molecular flexibility index (Phi) is 2.23. The zero-order valence-corrected chi connectivity index (χ0v) is 6.66. The molecule has 0 aliphatic rings. The van der Waals surface area contributed by atoms with Gasteiger partial charge in [-0.05, 0) is 6.92 Å². The molecule has 0 saturated carbocycles. The highest BCUT2D eigenvalue weighted by atomic mass is 16.5. The van der Waals surface area contributed by atoms with Crippen molar-refractivity contribution in [2.45, 2.75) is 6.92 Å². The summed E-state index contributed by atoms with van der Waals surface area (Å²) >= 11 is 0. The molecule has 0 spiro atoms. The summed E-state index contributed by atoms with van der Waals surface area (Å²) in [4.78, 5) is 25.3. The number of esters is 1. The number of ketones is 1. The summed E-state index contributed by atoms with van der Waals surface area (Å²) < 4.78 is 8.87. The molecule has 0 bridgehead atoms. The van der Waals surface area contributed by atoms with E-state index >= 15 is 0 Å². The fraction of sp³-hybridized carbons (Fsp3) is 0.286. The number of Topliss-reactive ketones (excluding diaryl/α,β-unsaturated/α-hetero) is 1. The summed E-state index contributed by atoms with van der Waals surface area (Å²) in [6.45, 7) is 1.65. The maximum Gasteiger partial charge on any atom is 0.384 e. The highest BCUT2D eigenvalue weighted by Gasteiger charge is 2.21. The molecule has 5 heteroatoms. The van der Waals surface area contributed by atoms with E-state index in [2.05, 4.69) is 14.1 Å². The number of rotatable bonds is 2. The number of carbonyl (C=O) groups excluding carboxylic acids is 2. The first-order valence-electron chi connectivity index (χ1n) is 3.20. The van der Waals surface area contributed by atoms with Crippen molar-refractivity contribution in [1.29, 1.82) is 0 Å². The number of oxazole rings is 1. The third kappa shape index (κ3) is 1.50. The standard InChI is InChI=1S/C7H7NO4/c1-4-3-12-6(8-4)5(9)7(10)11-2/h3H,1-2H3. The lowest BCUT2D eigenvalue weighted by atomic mass is 10.4. The SMILES string of the molecule is COC(=O)C(=O)c1nc(C)co1.